The molecule has 2 saturated heterocycles. The second kappa shape index (κ2) is 11.0. The van der Waals surface area contributed by atoms with Crippen molar-refractivity contribution >= 4 is 5.91 Å². The third kappa shape index (κ3) is 5.64. The molecule has 2 heterocycles. The molecule has 0 aromatic heterocycles. The molecule has 3 aliphatic rings. The second-order valence-corrected chi connectivity index (χ2v) is 10.2. The van der Waals surface area contributed by atoms with Crippen LogP contribution in [0.5, 0.6) is 5.75 Å². The molecular weight excluding hydrogens is 400 g/mol. The number of ether oxygens (including phenoxy) is 1. The SMILES string of the molecule is CCN(CC1CCCN(CCc2cccc(OC)c2)C1)C(=O)C1NNC2CCC(C)CC21. The molecule has 1 amide bonds. The van der Waals surface area contributed by atoms with E-state index in [2.05, 4.69) is 52.7 Å². The van der Waals surface area contributed by atoms with E-state index in [4.69, 9.17) is 4.74 Å². The third-order valence-electron chi connectivity index (χ3n) is 7.91. The topological polar surface area (TPSA) is 56.8 Å². The predicted molar refractivity (Wildman–Crippen MR) is 128 cm³/mol. The van der Waals surface area contributed by atoms with Crippen molar-refractivity contribution in [2.45, 2.75) is 64.5 Å². The number of rotatable bonds is 8. The van der Waals surface area contributed by atoms with Crippen molar-refractivity contribution in [1.82, 2.24) is 20.7 Å². The minimum absolute atomic E-state index is 0.0598. The van der Waals surface area contributed by atoms with Crippen molar-refractivity contribution in [2.75, 3.05) is 39.8 Å². The number of methoxy groups -OCH3 is 1. The van der Waals surface area contributed by atoms with Gasteiger partial charge in [0.05, 0.1) is 7.11 Å². The molecule has 6 heteroatoms. The lowest BCUT2D eigenvalue weighted by Crippen LogP contribution is -2.51. The number of hydrogen-bond acceptors (Lipinski definition) is 5. The smallest absolute Gasteiger partial charge is 0.241 e. The van der Waals surface area contributed by atoms with E-state index < -0.39 is 0 Å². The van der Waals surface area contributed by atoms with E-state index in [0.717, 1.165) is 57.2 Å². The predicted octanol–water partition coefficient (Wildman–Crippen LogP) is 3.08. The van der Waals surface area contributed by atoms with Crippen molar-refractivity contribution in [3.8, 4) is 5.75 Å². The zero-order valence-electron chi connectivity index (χ0n) is 20.2. The highest BCUT2D eigenvalue weighted by Crippen LogP contribution is 2.34. The molecule has 1 aromatic carbocycles. The molecule has 5 unspecified atom stereocenters. The fourth-order valence-electron chi connectivity index (χ4n) is 6.02. The molecular formula is C26H42N4O2. The first kappa shape index (κ1) is 23.5. The Morgan fingerprint density at radius 1 is 1.25 bits per heavy atom. The summed E-state index contributed by atoms with van der Waals surface area (Å²) in [7, 11) is 1.72. The van der Waals surface area contributed by atoms with Gasteiger partial charge in [-0.1, -0.05) is 19.1 Å². The van der Waals surface area contributed by atoms with Crippen molar-refractivity contribution in [1.29, 1.82) is 0 Å². The first-order chi connectivity index (χ1) is 15.6. The van der Waals surface area contributed by atoms with Crippen molar-refractivity contribution < 1.29 is 9.53 Å². The highest BCUT2D eigenvalue weighted by molar-refractivity contribution is 5.82. The Balaban J connectivity index is 1.29. The van der Waals surface area contributed by atoms with Crippen molar-refractivity contribution in [2.24, 2.45) is 17.8 Å². The zero-order valence-corrected chi connectivity index (χ0v) is 20.2. The lowest BCUT2D eigenvalue weighted by molar-refractivity contribution is -0.135. The highest BCUT2D eigenvalue weighted by atomic mass is 16.5. The lowest BCUT2D eigenvalue weighted by Gasteiger charge is -2.37. The third-order valence-corrected chi connectivity index (χ3v) is 7.91. The van der Waals surface area contributed by atoms with Crippen molar-refractivity contribution in [3.05, 3.63) is 29.8 Å². The molecule has 32 heavy (non-hydrogen) atoms. The van der Waals surface area contributed by atoms with Crippen LogP contribution in [0.1, 0.15) is 51.5 Å². The molecule has 2 N–H and O–H groups in total. The maximum atomic E-state index is 13.5. The number of carbonyl (C=O) groups is 1. The van der Waals surface area contributed by atoms with Gasteiger partial charge in [0.15, 0.2) is 0 Å². The molecule has 0 radical (unpaired) electrons. The summed E-state index contributed by atoms with van der Waals surface area (Å²) >= 11 is 0. The molecule has 0 spiro atoms. The lowest BCUT2D eigenvalue weighted by atomic mass is 9.76. The van der Waals surface area contributed by atoms with Gasteiger partial charge in [-0.2, -0.15) is 0 Å². The van der Waals surface area contributed by atoms with Crippen LogP contribution < -0.4 is 15.6 Å². The Hall–Kier alpha value is -1.63. The fraction of sp³-hybridized carbons (Fsp3) is 0.731. The maximum Gasteiger partial charge on any atom is 0.241 e. The summed E-state index contributed by atoms with van der Waals surface area (Å²) in [5.74, 6) is 2.95. The maximum absolute atomic E-state index is 13.5. The molecule has 6 nitrogen and oxygen atoms in total. The van der Waals surface area contributed by atoms with Crippen LogP contribution >= 0.6 is 0 Å². The van der Waals surface area contributed by atoms with Gasteiger partial charge in [0, 0.05) is 38.1 Å². The van der Waals surface area contributed by atoms with Gasteiger partial charge in [-0.3, -0.25) is 10.2 Å². The average Bonchev–Trinajstić information content (AvgIpc) is 3.24. The number of benzene rings is 1. The van der Waals surface area contributed by atoms with Crippen LogP contribution in [0.3, 0.4) is 0 Å². The summed E-state index contributed by atoms with van der Waals surface area (Å²) in [5, 5.41) is 0. The van der Waals surface area contributed by atoms with Gasteiger partial charge in [-0.05, 0) is 81.5 Å². The standard InChI is InChI=1S/C26H42N4O2/c1-4-30(26(31)25-23-15-19(2)10-11-24(23)27-28-25)18-21-8-6-13-29(17-21)14-12-20-7-5-9-22(16-20)32-3/h5,7,9,16,19,21,23-25,27-28H,4,6,8,10-15,17-18H2,1-3H3. The summed E-state index contributed by atoms with van der Waals surface area (Å²) in [6, 6.07) is 8.80. The van der Waals surface area contributed by atoms with Gasteiger partial charge in [-0.15, -0.1) is 0 Å². The summed E-state index contributed by atoms with van der Waals surface area (Å²) < 4.78 is 5.36. The van der Waals surface area contributed by atoms with Gasteiger partial charge in [-0.25, -0.2) is 5.43 Å². The molecule has 0 bridgehead atoms. The molecule has 178 valence electrons. The number of fused-ring (bicyclic) bond motifs is 1. The van der Waals surface area contributed by atoms with Gasteiger partial charge in [0.1, 0.15) is 11.8 Å². The minimum Gasteiger partial charge on any atom is -0.497 e. The number of carbonyl (C=O) groups excluding carboxylic acids is 1. The Morgan fingerprint density at radius 3 is 2.94 bits per heavy atom. The molecule has 3 fully saturated rings. The molecule has 4 rings (SSSR count). The molecule has 2 aliphatic heterocycles. The number of likely N-dealkylation sites (N-methyl/N-ethyl adjacent to an activating group) is 1. The summed E-state index contributed by atoms with van der Waals surface area (Å²) in [6.07, 6.45) is 7.08. The van der Waals surface area contributed by atoms with Gasteiger partial charge in [0.2, 0.25) is 5.91 Å². The normalized spacial score (nSPS) is 30.7. The van der Waals surface area contributed by atoms with Gasteiger partial charge in [0.25, 0.3) is 0 Å². The summed E-state index contributed by atoms with van der Waals surface area (Å²) in [4.78, 5) is 18.2. The number of piperidine rings is 1. The summed E-state index contributed by atoms with van der Waals surface area (Å²) in [6.45, 7) is 9.46. The molecule has 1 aromatic rings. The van der Waals surface area contributed by atoms with Crippen LogP contribution in [0.2, 0.25) is 0 Å². The van der Waals surface area contributed by atoms with E-state index in [0.29, 0.717) is 23.8 Å². The molecule has 1 saturated carbocycles. The summed E-state index contributed by atoms with van der Waals surface area (Å²) in [5.41, 5.74) is 8.12. The highest BCUT2D eigenvalue weighted by Gasteiger charge is 2.44. The quantitative estimate of drug-likeness (QED) is 0.648. The second-order valence-electron chi connectivity index (χ2n) is 10.2. The number of hydrazine groups is 1. The van der Waals surface area contributed by atoms with Gasteiger partial charge >= 0.3 is 0 Å². The molecule has 5 atom stereocenters. The Morgan fingerprint density at radius 2 is 2.12 bits per heavy atom. The van der Waals surface area contributed by atoms with Crippen LogP contribution in [0.15, 0.2) is 24.3 Å². The Labute approximate surface area is 194 Å². The van der Waals surface area contributed by atoms with Crippen LogP contribution in [0.25, 0.3) is 0 Å². The van der Waals surface area contributed by atoms with Crippen LogP contribution in [-0.2, 0) is 11.2 Å². The van der Waals surface area contributed by atoms with E-state index >= 15 is 0 Å². The van der Waals surface area contributed by atoms with E-state index in [1.54, 1.807) is 7.11 Å². The Kier molecular flexibility index (Phi) is 8.08. The first-order valence-corrected chi connectivity index (χ1v) is 12.7. The van der Waals surface area contributed by atoms with Crippen LogP contribution in [0, 0.1) is 17.8 Å². The number of nitrogens with zero attached hydrogens (tertiary/aromatic N) is 2. The number of hydrogen-bond donors (Lipinski definition) is 2. The number of amides is 1. The van der Waals surface area contributed by atoms with E-state index in [1.807, 2.05) is 6.07 Å². The van der Waals surface area contributed by atoms with Crippen molar-refractivity contribution in [3.63, 3.8) is 0 Å². The van der Waals surface area contributed by atoms with E-state index in [9.17, 15) is 4.79 Å². The van der Waals surface area contributed by atoms with Gasteiger partial charge < -0.3 is 14.5 Å². The average molecular weight is 443 g/mol. The number of nitrogens with one attached hydrogen (secondary N) is 2. The van der Waals surface area contributed by atoms with Crippen LogP contribution in [0.4, 0.5) is 0 Å². The van der Waals surface area contributed by atoms with E-state index in [-0.39, 0.29) is 6.04 Å². The largest absolute Gasteiger partial charge is 0.497 e. The van der Waals surface area contributed by atoms with E-state index in [1.165, 1.54) is 31.2 Å². The first-order valence-electron chi connectivity index (χ1n) is 12.7. The zero-order chi connectivity index (χ0) is 22.5. The fourth-order valence-corrected chi connectivity index (χ4v) is 6.02. The van der Waals surface area contributed by atoms with Crippen LogP contribution in [-0.4, -0.2) is 67.6 Å². The number of likely N-dealkylation sites (tertiary alicyclic amines) is 1. The molecule has 1 aliphatic carbocycles. The minimum atomic E-state index is -0.0598. The Bertz CT molecular complexity index is 757. The monoisotopic (exact) mass is 442 g/mol.